The Hall–Kier alpha value is -4.68. The van der Waals surface area contributed by atoms with Crippen LogP contribution >= 0.6 is 45.3 Å². The molecule has 0 aliphatic heterocycles. The summed E-state index contributed by atoms with van der Waals surface area (Å²) >= 11 is 6.77. The van der Waals surface area contributed by atoms with E-state index in [-0.39, 0.29) is 12.2 Å². The average molecular weight is 783 g/mol. The molecule has 0 aliphatic rings. The normalized spacial score (nSPS) is 12.6. The zero-order valence-corrected chi connectivity index (χ0v) is 33.6. The highest BCUT2D eigenvalue weighted by Gasteiger charge is 2.30. The Labute approximate surface area is 331 Å². The summed E-state index contributed by atoms with van der Waals surface area (Å²) in [6.07, 6.45) is 1.46. The van der Waals surface area contributed by atoms with Gasteiger partial charge in [-0.25, -0.2) is 19.9 Å². The molecule has 0 bridgehead atoms. The summed E-state index contributed by atoms with van der Waals surface area (Å²) in [5, 5.41) is 3.77. The van der Waals surface area contributed by atoms with Crippen LogP contribution in [-0.2, 0) is 22.3 Å². The van der Waals surface area contributed by atoms with Gasteiger partial charge in [0.2, 0.25) is 0 Å². The molecule has 10 heteroatoms. The summed E-state index contributed by atoms with van der Waals surface area (Å²) in [6, 6.07) is 41.6. The number of thiazole rings is 4. The van der Waals surface area contributed by atoms with Crippen LogP contribution in [0.4, 0.5) is 0 Å². The van der Waals surface area contributed by atoms with Crippen molar-refractivity contribution in [3.05, 3.63) is 131 Å². The highest BCUT2D eigenvalue weighted by atomic mass is 32.1. The first-order valence-electron chi connectivity index (χ1n) is 17.8. The Kier molecular flexibility index (Phi) is 11.0. The lowest BCUT2D eigenvalue weighted by Crippen LogP contribution is -2.08. The maximum absolute atomic E-state index is 5.81. The molecule has 8 aromatic rings. The SMILES string of the molecule is CO[C@H](C)Cc1sc(-c2ccccc2)nc1-c1sc(-c2ccccc2)nc1-c1nc(-c2ccccc2)sc1-c1nc(-c2ccccc2)sc1C[C@@H](C)OC. The number of benzene rings is 4. The molecule has 0 saturated carbocycles. The molecule has 0 amide bonds. The lowest BCUT2D eigenvalue weighted by Gasteiger charge is -2.10. The Bertz CT molecular complexity index is 2280. The van der Waals surface area contributed by atoms with Crippen molar-refractivity contribution in [1.29, 1.82) is 0 Å². The van der Waals surface area contributed by atoms with Crippen molar-refractivity contribution in [2.45, 2.75) is 38.9 Å². The number of hydrogen-bond donors (Lipinski definition) is 0. The first-order valence-corrected chi connectivity index (χ1v) is 21.0. The summed E-state index contributed by atoms with van der Waals surface area (Å²) < 4.78 is 11.6. The third kappa shape index (κ3) is 7.63. The molecule has 0 radical (unpaired) electrons. The second-order valence-electron chi connectivity index (χ2n) is 12.9. The van der Waals surface area contributed by atoms with Gasteiger partial charge in [-0.3, -0.25) is 0 Å². The lowest BCUT2D eigenvalue weighted by molar-refractivity contribution is 0.119. The maximum atomic E-state index is 5.81. The van der Waals surface area contributed by atoms with Gasteiger partial charge < -0.3 is 9.47 Å². The minimum absolute atomic E-state index is 0.00838. The summed E-state index contributed by atoms with van der Waals surface area (Å²) in [5.41, 5.74) is 7.74. The van der Waals surface area contributed by atoms with Gasteiger partial charge in [-0.05, 0) is 13.8 Å². The standard InChI is InChI=1S/C44H38N4O2S4/c1-27(49-3)25-33-35(45-41(51-33)29-17-9-5-10-18-29)39-37(47-43(53-39)31-21-13-7-14-22-31)38-40(54-44(48-38)32-23-15-8-16-24-32)36-34(26-28(2)50-4)52-42(46-36)30-19-11-6-12-20-30/h5-24,27-28H,25-26H2,1-4H3/t27-,28-/m1/s1. The van der Waals surface area contributed by atoms with Crippen LogP contribution in [0.25, 0.3) is 74.8 Å². The predicted molar refractivity (Wildman–Crippen MR) is 228 cm³/mol. The molecule has 0 spiro atoms. The molecular formula is C44H38N4O2S4. The van der Waals surface area contributed by atoms with Crippen LogP contribution in [0.15, 0.2) is 121 Å². The molecule has 2 atom stereocenters. The molecule has 270 valence electrons. The topological polar surface area (TPSA) is 70.0 Å². The molecule has 0 N–H and O–H groups in total. The maximum Gasteiger partial charge on any atom is 0.124 e. The number of nitrogens with zero attached hydrogens (tertiary/aromatic N) is 4. The van der Waals surface area contributed by atoms with E-state index in [0.29, 0.717) is 0 Å². The van der Waals surface area contributed by atoms with Crippen molar-refractivity contribution in [1.82, 2.24) is 19.9 Å². The quantitative estimate of drug-likeness (QED) is 0.116. The monoisotopic (exact) mass is 782 g/mol. The summed E-state index contributed by atoms with van der Waals surface area (Å²) in [5.74, 6) is 0. The van der Waals surface area contributed by atoms with Gasteiger partial charge in [0.25, 0.3) is 0 Å². The average Bonchev–Trinajstić information content (AvgIpc) is 4.04. The number of rotatable bonds is 13. The molecule has 4 aromatic heterocycles. The molecule has 0 unspecified atom stereocenters. The van der Waals surface area contributed by atoms with Crippen LogP contribution in [-0.4, -0.2) is 46.4 Å². The van der Waals surface area contributed by atoms with E-state index in [0.717, 1.165) is 97.4 Å². The van der Waals surface area contributed by atoms with E-state index >= 15 is 0 Å². The number of ether oxygens (including phenoxy) is 2. The zero-order chi connectivity index (χ0) is 37.0. The van der Waals surface area contributed by atoms with E-state index in [1.54, 1.807) is 59.6 Å². The van der Waals surface area contributed by atoms with Gasteiger partial charge >= 0.3 is 0 Å². The smallest absolute Gasteiger partial charge is 0.124 e. The lowest BCUT2D eigenvalue weighted by atomic mass is 10.1. The highest BCUT2D eigenvalue weighted by molar-refractivity contribution is 7.21. The fourth-order valence-electron chi connectivity index (χ4n) is 6.12. The van der Waals surface area contributed by atoms with Crippen LogP contribution in [0.3, 0.4) is 0 Å². The van der Waals surface area contributed by atoms with E-state index in [1.165, 1.54) is 0 Å². The molecule has 0 fully saturated rings. The van der Waals surface area contributed by atoms with E-state index in [1.807, 2.05) is 24.3 Å². The van der Waals surface area contributed by atoms with Gasteiger partial charge in [-0.2, -0.15) is 0 Å². The van der Waals surface area contributed by atoms with E-state index in [9.17, 15) is 0 Å². The van der Waals surface area contributed by atoms with E-state index < -0.39 is 0 Å². The largest absolute Gasteiger partial charge is 0.381 e. The third-order valence-electron chi connectivity index (χ3n) is 9.14. The number of hydrogen-bond acceptors (Lipinski definition) is 10. The molecule has 0 aliphatic carbocycles. The highest BCUT2D eigenvalue weighted by Crippen LogP contribution is 2.50. The van der Waals surface area contributed by atoms with Crippen LogP contribution in [0.5, 0.6) is 0 Å². The van der Waals surface area contributed by atoms with Crippen molar-refractivity contribution < 1.29 is 9.47 Å². The number of methoxy groups -OCH3 is 2. The molecule has 8 rings (SSSR count). The molecule has 4 aromatic carbocycles. The minimum Gasteiger partial charge on any atom is -0.381 e. The summed E-state index contributed by atoms with van der Waals surface area (Å²) in [7, 11) is 3.53. The van der Waals surface area contributed by atoms with Gasteiger partial charge in [0.1, 0.15) is 31.4 Å². The van der Waals surface area contributed by atoms with Gasteiger partial charge in [0.05, 0.1) is 33.4 Å². The number of aromatic nitrogens is 4. The molecule has 0 saturated heterocycles. The summed E-state index contributed by atoms with van der Waals surface area (Å²) in [4.78, 5) is 26.0. The molecule has 4 heterocycles. The second kappa shape index (κ2) is 16.4. The molecule has 54 heavy (non-hydrogen) atoms. The Balaban J connectivity index is 1.39. The van der Waals surface area contributed by atoms with Crippen molar-refractivity contribution in [2.75, 3.05) is 14.2 Å². The predicted octanol–water partition coefficient (Wildman–Crippen LogP) is 12.3. The van der Waals surface area contributed by atoms with Gasteiger partial charge in [-0.1, -0.05) is 121 Å². The van der Waals surface area contributed by atoms with Crippen molar-refractivity contribution in [3.63, 3.8) is 0 Å². The minimum atomic E-state index is 0.00838. The Morgan fingerprint density at radius 1 is 0.407 bits per heavy atom. The Morgan fingerprint density at radius 2 is 0.685 bits per heavy atom. The van der Waals surface area contributed by atoms with Crippen LogP contribution in [0, 0.1) is 0 Å². The molecular weight excluding hydrogens is 745 g/mol. The van der Waals surface area contributed by atoms with E-state index in [2.05, 4.69) is 111 Å². The fourth-order valence-corrected chi connectivity index (χ4v) is 10.8. The van der Waals surface area contributed by atoms with Crippen molar-refractivity contribution in [3.8, 4) is 74.8 Å². The van der Waals surface area contributed by atoms with Gasteiger partial charge in [0, 0.05) is 59.1 Å². The Morgan fingerprint density at radius 3 is 0.981 bits per heavy atom. The van der Waals surface area contributed by atoms with Crippen LogP contribution in [0.1, 0.15) is 23.6 Å². The second-order valence-corrected chi connectivity index (χ2v) is 17.1. The van der Waals surface area contributed by atoms with E-state index in [4.69, 9.17) is 29.4 Å². The first kappa shape index (κ1) is 36.3. The third-order valence-corrected chi connectivity index (χ3v) is 13.6. The fraction of sp³-hybridized carbons (Fsp3) is 0.182. The van der Waals surface area contributed by atoms with Gasteiger partial charge in [-0.15, -0.1) is 45.3 Å². The zero-order valence-electron chi connectivity index (χ0n) is 30.4. The van der Waals surface area contributed by atoms with Crippen molar-refractivity contribution >= 4 is 45.3 Å². The van der Waals surface area contributed by atoms with Crippen LogP contribution < -0.4 is 0 Å². The van der Waals surface area contributed by atoms with Crippen LogP contribution in [0.2, 0.25) is 0 Å². The summed E-state index contributed by atoms with van der Waals surface area (Å²) in [6.45, 7) is 4.21. The first-order chi connectivity index (χ1) is 26.5. The van der Waals surface area contributed by atoms with Crippen molar-refractivity contribution in [2.24, 2.45) is 0 Å². The molecule has 6 nitrogen and oxygen atoms in total. The van der Waals surface area contributed by atoms with Gasteiger partial charge in [0.15, 0.2) is 0 Å².